The molecule has 0 aliphatic carbocycles. The largest absolute Gasteiger partial charge is 0.785 e. The fraction of sp³-hybridized carbons (Fsp3) is 0. The van der Waals surface area contributed by atoms with E-state index in [0.717, 1.165) is 10.8 Å². The van der Waals surface area contributed by atoms with Gasteiger partial charge in [-0.05, 0) is 23.6 Å². The van der Waals surface area contributed by atoms with E-state index < -0.39 is 7.32 Å². The molecule has 0 aliphatic rings. The summed E-state index contributed by atoms with van der Waals surface area (Å²) in [6, 6.07) is 22.6. The minimum atomic E-state index is -1.34. The molecule has 0 aliphatic heterocycles. The Balaban J connectivity index is 1.79. The molecular weight excluding hydrogens is 251 g/mol. The topological polar surface area (TPSA) is 38.7 Å². The van der Waals surface area contributed by atoms with Crippen LogP contribution >= 0.6 is 0 Å². The second-order valence-electron chi connectivity index (χ2n) is 4.33. The van der Waals surface area contributed by atoms with Gasteiger partial charge >= 0.3 is 7.32 Å². The van der Waals surface area contributed by atoms with E-state index in [1.54, 1.807) is 18.2 Å². The third kappa shape index (κ3) is 2.76. The minimum Gasteiger partial charge on any atom is -0.501 e. The van der Waals surface area contributed by atoms with E-state index >= 15 is 0 Å². The lowest BCUT2D eigenvalue weighted by atomic mass is 10.1. The lowest BCUT2D eigenvalue weighted by Gasteiger charge is -2.12. The molecule has 4 heteroatoms. The number of fused-ring (bicyclic) bond motifs is 1. The molecule has 98 valence electrons. The van der Waals surface area contributed by atoms with Gasteiger partial charge in [0.2, 0.25) is 0 Å². The van der Waals surface area contributed by atoms with E-state index in [0.29, 0.717) is 11.5 Å². The van der Waals surface area contributed by atoms with Crippen molar-refractivity contribution in [3.8, 4) is 11.5 Å². The molecular formula is C16H13BO3. The first-order valence-corrected chi connectivity index (χ1v) is 6.37. The van der Waals surface area contributed by atoms with Crippen LogP contribution in [-0.4, -0.2) is 12.3 Å². The van der Waals surface area contributed by atoms with Gasteiger partial charge in [0.25, 0.3) is 0 Å². The molecule has 3 nitrogen and oxygen atoms in total. The maximum absolute atomic E-state index is 9.87. The van der Waals surface area contributed by atoms with Gasteiger partial charge < -0.3 is 14.3 Å². The molecule has 0 bridgehead atoms. The Labute approximate surface area is 117 Å². The van der Waals surface area contributed by atoms with Crippen LogP contribution in [-0.2, 0) is 0 Å². The molecule has 3 aromatic rings. The summed E-state index contributed by atoms with van der Waals surface area (Å²) in [4.78, 5) is 0. The van der Waals surface area contributed by atoms with Crippen molar-refractivity contribution in [3.05, 3.63) is 72.8 Å². The third-order valence-corrected chi connectivity index (χ3v) is 2.96. The van der Waals surface area contributed by atoms with E-state index in [1.807, 2.05) is 54.6 Å². The van der Waals surface area contributed by atoms with Gasteiger partial charge in [-0.1, -0.05) is 54.6 Å². The average Bonchev–Trinajstić information content (AvgIpc) is 2.48. The SMILES string of the molecule is OB(Oc1ccccc1)Oc1cccc2ccccc12. The Morgan fingerprint density at radius 1 is 0.700 bits per heavy atom. The first kappa shape index (κ1) is 12.6. The monoisotopic (exact) mass is 264 g/mol. The van der Waals surface area contributed by atoms with Crippen LogP contribution in [0.25, 0.3) is 10.8 Å². The quantitative estimate of drug-likeness (QED) is 0.735. The highest BCUT2D eigenvalue weighted by atomic mass is 16.7. The zero-order valence-electron chi connectivity index (χ0n) is 10.8. The summed E-state index contributed by atoms with van der Waals surface area (Å²) < 4.78 is 10.8. The van der Waals surface area contributed by atoms with Crippen LogP contribution in [0.5, 0.6) is 11.5 Å². The van der Waals surface area contributed by atoms with Crippen molar-refractivity contribution in [2.75, 3.05) is 0 Å². The van der Waals surface area contributed by atoms with Crippen LogP contribution < -0.4 is 9.31 Å². The van der Waals surface area contributed by atoms with E-state index in [1.165, 1.54) is 0 Å². The minimum absolute atomic E-state index is 0.556. The number of para-hydroxylation sites is 1. The highest BCUT2D eigenvalue weighted by molar-refractivity contribution is 6.37. The molecule has 3 rings (SSSR count). The number of hydrogen-bond donors (Lipinski definition) is 1. The molecule has 0 saturated heterocycles. The summed E-state index contributed by atoms with van der Waals surface area (Å²) in [5.74, 6) is 1.15. The highest BCUT2D eigenvalue weighted by Crippen LogP contribution is 2.25. The van der Waals surface area contributed by atoms with E-state index in [-0.39, 0.29) is 0 Å². The maximum Gasteiger partial charge on any atom is 0.785 e. The smallest absolute Gasteiger partial charge is 0.501 e. The molecule has 20 heavy (non-hydrogen) atoms. The summed E-state index contributed by atoms with van der Waals surface area (Å²) in [5, 5.41) is 11.9. The molecule has 0 saturated carbocycles. The van der Waals surface area contributed by atoms with E-state index in [4.69, 9.17) is 9.31 Å². The number of hydrogen-bond acceptors (Lipinski definition) is 3. The number of benzene rings is 3. The van der Waals surface area contributed by atoms with Gasteiger partial charge in [0.15, 0.2) is 0 Å². The highest BCUT2D eigenvalue weighted by Gasteiger charge is 2.21. The van der Waals surface area contributed by atoms with Crippen molar-refractivity contribution in [2.45, 2.75) is 0 Å². The second kappa shape index (κ2) is 5.67. The predicted octanol–water partition coefficient (Wildman–Crippen LogP) is 3.27. The normalized spacial score (nSPS) is 10.2. The second-order valence-corrected chi connectivity index (χ2v) is 4.33. The Bertz CT molecular complexity index is 695. The fourth-order valence-electron chi connectivity index (χ4n) is 2.05. The van der Waals surface area contributed by atoms with Crippen molar-refractivity contribution in [1.82, 2.24) is 0 Å². The Morgan fingerprint density at radius 2 is 1.40 bits per heavy atom. The molecule has 0 heterocycles. The van der Waals surface area contributed by atoms with Gasteiger partial charge in [-0.15, -0.1) is 0 Å². The zero-order valence-corrected chi connectivity index (χ0v) is 10.8. The first-order valence-electron chi connectivity index (χ1n) is 6.37. The van der Waals surface area contributed by atoms with Gasteiger partial charge in [0.1, 0.15) is 11.5 Å². The van der Waals surface area contributed by atoms with Gasteiger partial charge in [-0.3, -0.25) is 0 Å². The molecule has 0 radical (unpaired) electrons. The summed E-state index contributed by atoms with van der Waals surface area (Å²) >= 11 is 0. The third-order valence-electron chi connectivity index (χ3n) is 2.96. The van der Waals surface area contributed by atoms with Gasteiger partial charge in [0, 0.05) is 5.39 Å². The summed E-state index contributed by atoms with van der Waals surface area (Å²) in [6.45, 7) is 0. The van der Waals surface area contributed by atoms with Crippen LogP contribution in [0.15, 0.2) is 72.8 Å². The summed E-state index contributed by atoms with van der Waals surface area (Å²) in [6.07, 6.45) is 0. The first-order chi connectivity index (χ1) is 9.83. The molecule has 0 fully saturated rings. The summed E-state index contributed by atoms with van der Waals surface area (Å²) in [7, 11) is -1.34. The van der Waals surface area contributed by atoms with Gasteiger partial charge in [-0.2, -0.15) is 0 Å². The van der Waals surface area contributed by atoms with Crippen LogP contribution in [0.3, 0.4) is 0 Å². The standard InChI is InChI=1S/C16H13BO3/c18-17(19-14-9-2-1-3-10-14)20-16-12-6-8-13-7-4-5-11-15(13)16/h1-12,18H. The predicted molar refractivity (Wildman–Crippen MR) is 79.6 cm³/mol. The lowest BCUT2D eigenvalue weighted by Crippen LogP contribution is -2.29. The molecule has 1 N–H and O–H groups in total. The van der Waals surface area contributed by atoms with Crippen molar-refractivity contribution in [1.29, 1.82) is 0 Å². The van der Waals surface area contributed by atoms with Crippen molar-refractivity contribution in [2.24, 2.45) is 0 Å². The molecule has 0 aromatic heterocycles. The van der Waals surface area contributed by atoms with Gasteiger partial charge in [0.05, 0.1) is 0 Å². The van der Waals surface area contributed by atoms with Crippen LogP contribution in [0.4, 0.5) is 0 Å². The Morgan fingerprint density at radius 3 is 2.25 bits per heavy atom. The Kier molecular flexibility index (Phi) is 3.57. The lowest BCUT2D eigenvalue weighted by molar-refractivity contribution is 0.299. The van der Waals surface area contributed by atoms with Crippen molar-refractivity contribution >= 4 is 18.1 Å². The molecule has 0 spiro atoms. The molecule has 3 aromatic carbocycles. The van der Waals surface area contributed by atoms with Crippen LogP contribution in [0.1, 0.15) is 0 Å². The van der Waals surface area contributed by atoms with Crippen LogP contribution in [0, 0.1) is 0 Å². The van der Waals surface area contributed by atoms with Crippen molar-refractivity contribution in [3.63, 3.8) is 0 Å². The van der Waals surface area contributed by atoms with Gasteiger partial charge in [-0.25, -0.2) is 0 Å². The fourth-order valence-corrected chi connectivity index (χ4v) is 2.05. The molecule has 0 unspecified atom stereocenters. The van der Waals surface area contributed by atoms with Crippen molar-refractivity contribution < 1.29 is 14.3 Å². The maximum atomic E-state index is 9.87. The molecule has 0 atom stereocenters. The zero-order chi connectivity index (χ0) is 13.8. The average molecular weight is 264 g/mol. The molecule has 0 amide bonds. The van der Waals surface area contributed by atoms with Crippen LogP contribution in [0.2, 0.25) is 0 Å². The summed E-state index contributed by atoms with van der Waals surface area (Å²) in [5.41, 5.74) is 0. The Hall–Kier alpha value is -2.46. The number of rotatable bonds is 4. The van der Waals surface area contributed by atoms with E-state index in [9.17, 15) is 5.02 Å². The van der Waals surface area contributed by atoms with E-state index in [2.05, 4.69) is 0 Å².